The van der Waals surface area contributed by atoms with Gasteiger partial charge in [0.1, 0.15) is 0 Å². The smallest absolute Gasteiger partial charge is 0.0947 e. The molecule has 3 heteroatoms. The van der Waals surface area contributed by atoms with Gasteiger partial charge in [-0.25, -0.2) is 0 Å². The number of furan rings is 1. The minimum Gasteiger partial charge on any atom is -0.472 e. The van der Waals surface area contributed by atoms with Crippen molar-refractivity contribution < 1.29 is 4.42 Å². The Hall–Kier alpha value is -0.800. The van der Waals surface area contributed by atoms with Crippen molar-refractivity contribution in [1.29, 1.82) is 0 Å². The third-order valence-corrected chi connectivity index (χ3v) is 4.43. The Morgan fingerprint density at radius 1 is 1.42 bits per heavy atom. The van der Waals surface area contributed by atoms with Crippen LogP contribution in [0, 0.1) is 11.8 Å². The Morgan fingerprint density at radius 2 is 2.26 bits per heavy atom. The van der Waals surface area contributed by atoms with Crippen molar-refractivity contribution in [3.05, 3.63) is 24.2 Å². The van der Waals surface area contributed by atoms with E-state index in [0.29, 0.717) is 12.0 Å². The summed E-state index contributed by atoms with van der Waals surface area (Å²) < 4.78 is 5.12. The molecule has 1 saturated carbocycles. The molecule has 0 saturated heterocycles. The van der Waals surface area contributed by atoms with Crippen LogP contribution in [0.5, 0.6) is 0 Å². The zero-order valence-corrected chi connectivity index (χ0v) is 12.3. The van der Waals surface area contributed by atoms with Crippen molar-refractivity contribution in [3.63, 3.8) is 0 Å². The van der Waals surface area contributed by atoms with Crippen molar-refractivity contribution in [3.8, 4) is 0 Å². The number of nitrogens with zero attached hydrogens (tertiary/aromatic N) is 1. The first-order chi connectivity index (χ1) is 9.19. The topological polar surface area (TPSA) is 42.4 Å². The van der Waals surface area contributed by atoms with E-state index in [4.69, 9.17) is 10.2 Å². The summed E-state index contributed by atoms with van der Waals surface area (Å²) in [5, 5.41) is 0. The van der Waals surface area contributed by atoms with Gasteiger partial charge in [-0.1, -0.05) is 19.8 Å². The first kappa shape index (κ1) is 14.6. The van der Waals surface area contributed by atoms with Crippen LogP contribution in [0.4, 0.5) is 0 Å². The van der Waals surface area contributed by atoms with Gasteiger partial charge in [0, 0.05) is 24.7 Å². The van der Waals surface area contributed by atoms with E-state index in [9.17, 15) is 0 Å². The molecule has 1 fully saturated rings. The van der Waals surface area contributed by atoms with E-state index >= 15 is 0 Å². The maximum atomic E-state index is 6.31. The van der Waals surface area contributed by atoms with Gasteiger partial charge in [-0.05, 0) is 44.2 Å². The zero-order chi connectivity index (χ0) is 13.7. The van der Waals surface area contributed by atoms with Gasteiger partial charge in [0.2, 0.25) is 0 Å². The lowest BCUT2D eigenvalue weighted by molar-refractivity contribution is 0.165. The Bertz CT molecular complexity index is 350. The zero-order valence-electron chi connectivity index (χ0n) is 12.3. The molecule has 1 aliphatic carbocycles. The highest BCUT2D eigenvalue weighted by Gasteiger charge is 2.28. The van der Waals surface area contributed by atoms with Crippen molar-refractivity contribution in [1.82, 2.24) is 4.90 Å². The molecule has 0 spiro atoms. The third kappa shape index (κ3) is 4.36. The molecule has 108 valence electrons. The number of hydrogen-bond acceptors (Lipinski definition) is 3. The van der Waals surface area contributed by atoms with Crippen LogP contribution in [0.15, 0.2) is 23.0 Å². The molecule has 0 bridgehead atoms. The lowest BCUT2D eigenvalue weighted by atomic mass is 9.76. The fourth-order valence-corrected chi connectivity index (χ4v) is 3.42. The summed E-state index contributed by atoms with van der Waals surface area (Å²) in [7, 11) is 2.18. The SMILES string of the molecule is CCCC1CCC(N)C(CN(C)Cc2ccoc2)C1. The molecule has 1 aliphatic rings. The molecule has 1 aromatic rings. The van der Waals surface area contributed by atoms with Gasteiger partial charge in [0.15, 0.2) is 0 Å². The van der Waals surface area contributed by atoms with E-state index in [0.717, 1.165) is 19.0 Å². The van der Waals surface area contributed by atoms with E-state index in [1.807, 2.05) is 12.3 Å². The monoisotopic (exact) mass is 264 g/mol. The van der Waals surface area contributed by atoms with Crippen LogP contribution in [0.25, 0.3) is 0 Å². The molecule has 2 N–H and O–H groups in total. The summed E-state index contributed by atoms with van der Waals surface area (Å²) in [6.07, 6.45) is 10.1. The molecule has 0 aromatic carbocycles. The molecule has 1 aromatic heterocycles. The highest BCUT2D eigenvalue weighted by Crippen LogP contribution is 2.31. The number of rotatable bonds is 6. The average molecular weight is 264 g/mol. The van der Waals surface area contributed by atoms with E-state index < -0.39 is 0 Å². The number of hydrogen-bond donors (Lipinski definition) is 1. The molecular formula is C16H28N2O. The van der Waals surface area contributed by atoms with E-state index in [2.05, 4.69) is 18.9 Å². The van der Waals surface area contributed by atoms with Crippen LogP contribution in [0.3, 0.4) is 0 Å². The van der Waals surface area contributed by atoms with E-state index in [1.54, 1.807) is 6.26 Å². The summed E-state index contributed by atoms with van der Waals surface area (Å²) in [5.41, 5.74) is 7.56. The summed E-state index contributed by atoms with van der Waals surface area (Å²) >= 11 is 0. The van der Waals surface area contributed by atoms with Crippen LogP contribution in [-0.4, -0.2) is 24.5 Å². The maximum absolute atomic E-state index is 6.31. The van der Waals surface area contributed by atoms with Crippen molar-refractivity contribution >= 4 is 0 Å². The Morgan fingerprint density at radius 3 is 2.95 bits per heavy atom. The second-order valence-corrected chi connectivity index (χ2v) is 6.22. The average Bonchev–Trinajstić information content (AvgIpc) is 2.86. The molecule has 3 unspecified atom stereocenters. The minimum atomic E-state index is 0.389. The first-order valence-electron chi connectivity index (χ1n) is 7.64. The van der Waals surface area contributed by atoms with Gasteiger partial charge in [0.05, 0.1) is 12.5 Å². The fourth-order valence-electron chi connectivity index (χ4n) is 3.42. The van der Waals surface area contributed by atoms with Crippen LogP contribution in [-0.2, 0) is 6.54 Å². The molecule has 0 aliphatic heterocycles. The molecule has 3 atom stereocenters. The second kappa shape index (κ2) is 7.11. The second-order valence-electron chi connectivity index (χ2n) is 6.22. The van der Waals surface area contributed by atoms with Gasteiger partial charge in [0.25, 0.3) is 0 Å². The van der Waals surface area contributed by atoms with Gasteiger partial charge in [-0.3, -0.25) is 0 Å². The van der Waals surface area contributed by atoms with E-state index in [-0.39, 0.29) is 0 Å². The lowest BCUT2D eigenvalue weighted by Gasteiger charge is -2.36. The molecule has 1 heterocycles. The standard InChI is InChI=1S/C16H28N2O/c1-3-4-13-5-6-16(17)15(9-13)11-18(2)10-14-7-8-19-12-14/h7-8,12-13,15-16H,3-6,9-11,17H2,1-2H3. The molecule has 19 heavy (non-hydrogen) atoms. The normalized spacial score (nSPS) is 27.9. The molecule has 0 radical (unpaired) electrons. The van der Waals surface area contributed by atoms with E-state index in [1.165, 1.54) is 37.7 Å². The predicted molar refractivity (Wildman–Crippen MR) is 78.8 cm³/mol. The summed E-state index contributed by atoms with van der Waals surface area (Å²) in [5.74, 6) is 1.55. The fraction of sp³-hybridized carbons (Fsp3) is 0.750. The highest BCUT2D eigenvalue weighted by atomic mass is 16.3. The quantitative estimate of drug-likeness (QED) is 0.857. The van der Waals surface area contributed by atoms with Crippen molar-refractivity contribution in [2.75, 3.05) is 13.6 Å². The largest absolute Gasteiger partial charge is 0.472 e. The van der Waals surface area contributed by atoms with Crippen LogP contribution < -0.4 is 5.73 Å². The lowest BCUT2D eigenvalue weighted by Crippen LogP contribution is -2.42. The first-order valence-corrected chi connectivity index (χ1v) is 7.64. The molecular weight excluding hydrogens is 236 g/mol. The van der Waals surface area contributed by atoms with Gasteiger partial charge in [-0.15, -0.1) is 0 Å². The van der Waals surface area contributed by atoms with Crippen molar-refractivity contribution in [2.24, 2.45) is 17.6 Å². The maximum Gasteiger partial charge on any atom is 0.0947 e. The van der Waals surface area contributed by atoms with Crippen molar-refractivity contribution in [2.45, 2.75) is 51.6 Å². The predicted octanol–water partition coefficient (Wildman–Crippen LogP) is 3.26. The van der Waals surface area contributed by atoms with Gasteiger partial charge >= 0.3 is 0 Å². The Labute approximate surface area is 117 Å². The third-order valence-electron chi connectivity index (χ3n) is 4.43. The minimum absolute atomic E-state index is 0.389. The van der Waals surface area contributed by atoms with Crippen LogP contribution in [0.1, 0.15) is 44.6 Å². The summed E-state index contributed by atoms with van der Waals surface area (Å²) in [4.78, 5) is 2.38. The molecule has 2 rings (SSSR count). The highest BCUT2D eigenvalue weighted by molar-refractivity contribution is 5.04. The number of nitrogens with two attached hydrogens (primary N) is 1. The molecule has 0 amide bonds. The summed E-state index contributed by atoms with van der Waals surface area (Å²) in [6.45, 7) is 4.35. The van der Waals surface area contributed by atoms with Gasteiger partial charge < -0.3 is 15.1 Å². The van der Waals surface area contributed by atoms with Gasteiger partial charge in [-0.2, -0.15) is 0 Å². The summed E-state index contributed by atoms with van der Waals surface area (Å²) in [6, 6.07) is 2.43. The van der Waals surface area contributed by atoms with Crippen LogP contribution in [0.2, 0.25) is 0 Å². The molecule has 3 nitrogen and oxygen atoms in total. The van der Waals surface area contributed by atoms with Crippen LogP contribution >= 0.6 is 0 Å². The Kier molecular flexibility index (Phi) is 5.46. The Balaban J connectivity index is 1.82.